The molecule has 100 valence electrons. The second-order valence-electron chi connectivity index (χ2n) is 5.20. The first-order valence-electron chi connectivity index (χ1n) is 6.03. The molecule has 1 amide bonds. The van der Waals surface area contributed by atoms with Gasteiger partial charge in [0.25, 0.3) is 0 Å². The first-order valence-corrected chi connectivity index (χ1v) is 6.03. The van der Waals surface area contributed by atoms with Crippen LogP contribution in [-0.2, 0) is 4.74 Å². The lowest BCUT2D eigenvalue weighted by Gasteiger charge is -2.18. The monoisotopic (exact) mass is 259 g/mol. The summed E-state index contributed by atoms with van der Waals surface area (Å²) in [4.78, 5) is 14.5. The SMILES string of the molecule is CC(C)(C)OC(=O)N/N=C/c1ccc2cc[nH]c2c1. The van der Waals surface area contributed by atoms with E-state index in [9.17, 15) is 4.79 Å². The maximum atomic E-state index is 11.4. The van der Waals surface area contributed by atoms with Gasteiger partial charge in [0.15, 0.2) is 0 Å². The van der Waals surface area contributed by atoms with Gasteiger partial charge >= 0.3 is 6.09 Å². The molecule has 0 spiro atoms. The second-order valence-corrected chi connectivity index (χ2v) is 5.20. The Hall–Kier alpha value is -2.30. The van der Waals surface area contributed by atoms with Gasteiger partial charge in [0.05, 0.1) is 6.21 Å². The molecule has 0 atom stereocenters. The van der Waals surface area contributed by atoms with E-state index >= 15 is 0 Å². The molecule has 0 aliphatic carbocycles. The van der Waals surface area contributed by atoms with Crippen LogP contribution in [0.2, 0.25) is 0 Å². The summed E-state index contributed by atoms with van der Waals surface area (Å²) in [7, 11) is 0. The highest BCUT2D eigenvalue weighted by molar-refractivity contribution is 5.89. The Balaban J connectivity index is 1.96. The summed E-state index contributed by atoms with van der Waals surface area (Å²) in [5.41, 5.74) is 3.73. The van der Waals surface area contributed by atoms with Crippen LogP contribution in [0.15, 0.2) is 35.6 Å². The number of aromatic amines is 1. The minimum absolute atomic E-state index is 0.525. The molecule has 1 aromatic heterocycles. The van der Waals surface area contributed by atoms with E-state index in [0.29, 0.717) is 0 Å². The highest BCUT2D eigenvalue weighted by atomic mass is 16.6. The third kappa shape index (κ3) is 3.84. The fourth-order valence-electron chi connectivity index (χ4n) is 1.61. The average molecular weight is 259 g/mol. The number of benzene rings is 1. The third-order valence-corrected chi connectivity index (χ3v) is 2.35. The minimum Gasteiger partial charge on any atom is -0.443 e. The molecule has 2 rings (SSSR count). The number of rotatable bonds is 2. The zero-order chi connectivity index (χ0) is 13.9. The molecule has 0 radical (unpaired) electrons. The predicted molar refractivity (Wildman–Crippen MR) is 75.3 cm³/mol. The zero-order valence-electron chi connectivity index (χ0n) is 11.2. The van der Waals surface area contributed by atoms with E-state index < -0.39 is 11.7 Å². The van der Waals surface area contributed by atoms with Crippen molar-refractivity contribution in [2.24, 2.45) is 5.10 Å². The van der Waals surface area contributed by atoms with Crippen molar-refractivity contribution in [3.63, 3.8) is 0 Å². The lowest BCUT2D eigenvalue weighted by Crippen LogP contribution is -2.29. The quantitative estimate of drug-likeness (QED) is 0.643. The van der Waals surface area contributed by atoms with Crippen LogP contribution in [0.1, 0.15) is 26.3 Å². The van der Waals surface area contributed by atoms with Gasteiger partial charge in [-0.15, -0.1) is 0 Å². The summed E-state index contributed by atoms with van der Waals surface area (Å²) in [5, 5.41) is 4.99. The largest absolute Gasteiger partial charge is 0.443 e. The number of H-pyrrole nitrogens is 1. The fourth-order valence-corrected chi connectivity index (χ4v) is 1.61. The van der Waals surface area contributed by atoms with Crippen LogP contribution >= 0.6 is 0 Å². The number of hydrogen-bond donors (Lipinski definition) is 2. The van der Waals surface area contributed by atoms with Crippen molar-refractivity contribution in [1.82, 2.24) is 10.4 Å². The van der Waals surface area contributed by atoms with Crippen molar-refractivity contribution in [2.75, 3.05) is 0 Å². The fraction of sp³-hybridized carbons (Fsp3) is 0.286. The number of hydrogen-bond acceptors (Lipinski definition) is 3. The predicted octanol–water partition coefficient (Wildman–Crippen LogP) is 3.03. The van der Waals surface area contributed by atoms with E-state index in [1.54, 1.807) is 27.0 Å². The van der Waals surface area contributed by atoms with Gasteiger partial charge in [0, 0.05) is 11.7 Å². The van der Waals surface area contributed by atoms with E-state index in [2.05, 4.69) is 15.5 Å². The van der Waals surface area contributed by atoms with Gasteiger partial charge in [-0.2, -0.15) is 5.10 Å². The van der Waals surface area contributed by atoms with E-state index in [1.165, 1.54) is 0 Å². The Morgan fingerprint density at radius 1 is 1.37 bits per heavy atom. The Morgan fingerprint density at radius 3 is 2.89 bits per heavy atom. The smallest absolute Gasteiger partial charge is 0.428 e. The van der Waals surface area contributed by atoms with E-state index in [0.717, 1.165) is 16.5 Å². The molecule has 0 unspecified atom stereocenters. The molecular weight excluding hydrogens is 242 g/mol. The van der Waals surface area contributed by atoms with Crippen molar-refractivity contribution < 1.29 is 9.53 Å². The van der Waals surface area contributed by atoms with Crippen molar-refractivity contribution in [3.05, 3.63) is 36.0 Å². The molecule has 0 saturated carbocycles. The lowest BCUT2D eigenvalue weighted by atomic mass is 10.2. The minimum atomic E-state index is -0.565. The Bertz CT molecular complexity index is 608. The molecule has 0 aliphatic heterocycles. The highest BCUT2D eigenvalue weighted by Crippen LogP contribution is 2.12. The Kier molecular flexibility index (Phi) is 3.55. The van der Waals surface area contributed by atoms with Crippen LogP contribution in [0.3, 0.4) is 0 Å². The zero-order valence-corrected chi connectivity index (χ0v) is 11.2. The van der Waals surface area contributed by atoms with Crippen LogP contribution in [0.25, 0.3) is 10.9 Å². The van der Waals surface area contributed by atoms with Gasteiger partial charge in [-0.3, -0.25) is 0 Å². The summed E-state index contributed by atoms with van der Waals surface area (Å²) >= 11 is 0. The Labute approximate surface area is 111 Å². The number of fused-ring (bicyclic) bond motifs is 1. The van der Waals surface area contributed by atoms with Crippen LogP contribution in [0, 0.1) is 0 Å². The maximum Gasteiger partial charge on any atom is 0.428 e. The molecule has 1 heterocycles. The number of nitrogens with zero attached hydrogens (tertiary/aromatic N) is 1. The number of aromatic nitrogens is 1. The number of hydrazone groups is 1. The number of amides is 1. The Morgan fingerprint density at radius 2 is 2.16 bits per heavy atom. The van der Waals surface area contributed by atoms with Gasteiger partial charge in [0.2, 0.25) is 0 Å². The molecule has 0 fully saturated rings. The lowest BCUT2D eigenvalue weighted by molar-refractivity contribution is 0.0529. The molecule has 2 N–H and O–H groups in total. The molecule has 1 aromatic carbocycles. The van der Waals surface area contributed by atoms with Crippen molar-refractivity contribution >= 4 is 23.2 Å². The number of nitrogens with one attached hydrogen (secondary N) is 2. The van der Waals surface area contributed by atoms with Gasteiger partial charge in [-0.05, 0) is 43.9 Å². The third-order valence-electron chi connectivity index (χ3n) is 2.35. The molecule has 0 aliphatic rings. The summed E-state index contributed by atoms with van der Waals surface area (Å²) in [6, 6.07) is 7.86. The number of ether oxygens (including phenoxy) is 1. The van der Waals surface area contributed by atoms with E-state index in [1.807, 2.05) is 30.5 Å². The summed E-state index contributed by atoms with van der Waals surface area (Å²) < 4.78 is 5.06. The normalized spacial score (nSPS) is 11.9. The summed E-state index contributed by atoms with van der Waals surface area (Å²) in [6.45, 7) is 5.40. The second kappa shape index (κ2) is 5.14. The topological polar surface area (TPSA) is 66.5 Å². The van der Waals surface area contributed by atoms with E-state index in [4.69, 9.17) is 4.74 Å². The highest BCUT2D eigenvalue weighted by Gasteiger charge is 2.15. The summed E-state index contributed by atoms with van der Waals surface area (Å²) in [5.74, 6) is 0. The van der Waals surface area contributed by atoms with Crippen molar-refractivity contribution in [2.45, 2.75) is 26.4 Å². The van der Waals surface area contributed by atoms with Gasteiger partial charge in [0.1, 0.15) is 5.60 Å². The van der Waals surface area contributed by atoms with Gasteiger partial charge in [-0.1, -0.05) is 12.1 Å². The molecule has 19 heavy (non-hydrogen) atoms. The molecule has 5 heteroatoms. The first kappa shape index (κ1) is 13.1. The van der Waals surface area contributed by atoms with Crippen LogP contribution in [-0.4, -0.2) is 22.9 Å². The van der Waals surface area contributed by atoms with Crippen molar-refractivity contribution in [3.8, 4) is 0 Å². The van der Waals surface area contributed by atoms with Crippen molar-refractivity contribution in [1.29, 1.82) is 0 Å². The summed E-state index contributed by atoms with van der Waals surface area (Å²) in [6.07, 6.45) is 2.89. The number of carbonyl (C=O) groups excluding carboxylic acids is 1. The van der Waals surface area contributed by atoms with Crippen LogP contribution in [0.4, 0.5) is 4.79 Å². The van der Waals surface area contributed by atoms with Gasteiger partial charge in [-0.25, -0.2) is 10.2 Å². The molecule has 0 bridgehead atoms. The molecule has 5 nitrogen and oxygen atoms in total. The average Bonchev–Trinajstić information content (AvgIpc) is 2.73. The molecule has 0 saturated heterocycles. The van der Waals surface area contributed by atoms with Crippen LogP contribution in [0.5, 0.6) is 0 Å². The first-order chi connectivity index (χ1) is 8.94. The number of carbonyl (C=O) groups is 1. The van der Waals surface area contributed by atoms with Gasteiger partial charge < -0.3 is 9.72 Å². The maximum absolute atomic E-state index is 11.4. The molecule has 2 aromatic rings. The molecular formula is C14H17N3O2. The van der Waals surface area contributed by atoms with E-state index in [-0.39, 0.29) is 0 Å². The van der Waals surface area contributed by atoms with Crippen LogP contribution < -0.4 is 5.43 Å². The standard InChI is InChI=1S/C14H17N3O2/c1-14(2,3)19-13(18)17-16-9-10-4-5-11-6-7-15-12(11)8-10/h4-9,15H,1-3H3,(H,17,18)/b16-9+.